The Morgan fingerprint density at radius 2 is 1.78 bits per heavy atom. The van der Waals surface area contributed by atoms with E-state index in [1.165, 1.54) is 20.5 Å². The Kier molecular flexibility index (Phi) is 5.05. The smallest absolute Gasteiger partial charge is 0.152 e. The number of carbonyl (C=O) groups excluding carboxylic acids is 1. The van der Waals surface area contributed by atoms with Crippen LogP contribution in [-0.4, -0.2) is 31.0 Å². The monoisotopic (exact) mass is 333 g/mol. The molecule has 6 heteroatoms. The van der Waals surface area contributed by atoms with Crippen molar-refractivity contribution in [1.29, 1.82) is 0 Å². The second kappa shape index (κ2) is 6.83. The number of carbonyl (C=O) groups is 1. The minimum atomic E-state index is -2.72. The van der Waals surface area contributed by atoms with E-state index in [2.05, 4.69) is 4.36 Å². The van der Waals surface area contributed by atoms with Crippen molar-refractivity contribution in [3.63, 3.8) is 0 Å². The van der Waals surface area contributed by atoms with Crippen LogP contribution in [0.3, 0.4) is 0 Å². The molecule has 0 aliphatic rings. The predicted molar refractivity (Wildman–Crippen MR) is 90.5 cm³/mol. The van der Waals surface area contributed by atoms with Gasteiger partial charge < -0.3 is 9.47 Å². The van der Waals surface area contributed by atoms with Crippen molar-refractivity contribution in [1.82, 2.24) is 0 Å². The van der Waals surface area contributed by atoms with E-state index in [1.807, 2.05) is 6.07 Å². The number of ether oxygens (including phenoxy) is 2. The number of hydrogen-bond donors (Lipinski definition) is 0. The summed E-state index contributed by atoms with van der Waals surface area (Å²) < 4.78 is 28.0. The molecule has 5 nitrogen and oxygen atoms in total. The topological polar surface area (TPSA) is 65.0 Å². The predicted octanol–water partition coefficient (Wildman–Crippen LogP) is 3.61. The third kappa shape index (κ3) is 3.37. The molecule has 0 spiro atoms. The van der Waals surface area contributed by atoms with Gasteiger partial charge in [-0.25, -0.2) is 4.21 Å². The SMILES string of the molecule is COc1cc(C=O)c(N=S(C)(=O)c2ccccc2)c(OC)c1C. The maximum atomic E-state index is 13.0. The van der Waals surface area contributed by atoms with Crippen LogP contribution in [-0.2, 0) is 9.73 Å². The lowest BCUT2D eigenvalue weighted by molar-refractivity contribution is 0.112. The third-order valence-electron chi connectivity index (χ3n) is 3.48. The molecule has 0 saturated carbocycles. The van der Waals surface area contributed by atoms with E-state index in [0.29, 0.717) is 28.2 Å². The van der Waals surface area contributed by atoms with Gasteiger partial charge in [0.2, 0.25) is 0 Å². The first kappa shape index (κ1) is 17.0. The van der Waals surface area contributed by atoms with Crippen LogP contribution in [0.15, 0.2) is 45.7 Å². The maximum absolute atomic E-state index is 13.0. The van der Waals surface area contributed by atoms with E-state index >= 15 is 0 Å². The van der Waals surface area contributed by atoms with E-state index in [4.69, 9.17) is 9.47 Å². The molecule has 0 bridgehead atoms. The van der Waals surface area contributed by atoms with Crippen molar-refractivity contribution in [2.24, 2.45) is 4.36 Å². The van der Waals surface area contributed by atoms with E-state index in [1.54, 1.807) is 37.3 Å². The zero-order chi connectivity index (χ0) is 17.0. The first-order valence-electron chi connectivity index (χ1n) is 6.92. The fraction of sp³-hybridized carbons (Fsp3) is 0.235. The number of benzene rings is 2. The summed E-state index contributed by atoms with van der Waals surface area (Å²) in [5, 5.41) is 0. The molecule has 0 radical (unpaired) electrons. The minimum Gasteiger partial charge on any atom is -0.496 e. The highest BCUT2D eigenvalue weighted by Gasteiger charge is 2.18. The molecule has 0 N–H and O–H groups in total. The fourth-order valence-corrected chi connectivity index (χ4v) is 3.59. The molecular formula is C17H19NO4S. The van der Waals surface area contributed by atoms with Gasteiger partial charge in [0.05, 0.1) is 23.9 Å². The van der Waals surface area contributed by atoms with Crippen LogP contribution < -0.4 is 9.47 Å². The van der Waals surface area contributed by atoms with Crippen molar-refractivity contribution in [3.8, 4) is 11.5 Å². The standard InChI is InChI=1S/C17H19NO4S/c1-12-15(21-2)10-13(11-19)16(17(12)22-3)18-23(4,20)14-8-6-5-7-9-14/h5-11H,1-4H3. The quantitative estimate of drug-likeness (QED) is 0.784. The van der Waals surface area contributed by atoms with E-state index in [-0.39, 0.29) is 11.3 Å². The molecular weight excluding hydrogens is 314 g/mol. The van der Waals surface area contributed by atoms with Crippen LogP contribution in [0.1, 0.15) is 15.9 Å². The Bertz CT molecular complexity index is 837. The number of rotatable bonds is 5. The first-order chi connectivity index (χ1) is 10.9. The highest BCUT2D eigenvalue weighted by Crippen LogP contribution is 2.40. The van der Waals surface area contributed by atoms with Crippen molar-refractivity contribution < 1.29 is 18.5 Å². The van der Waals surface area contributed by atoms with Crippen molar-refractivity contribution in [2.45, 2.75) is 11.8 Å². The van der Waals surface area contributed by atoms with Crippen LogP contribution in [0.25, 0.3) is 0 Å². The van der Waals surface area contributed by atoms with Crippen LogP contribution in [0.4, 0.5) is 5.69 Å². The van der Waals surface area contributed by atoms with E-state index in [0.717, 1.165) is 0 Å². The van der Waals surface area contributed by atoms with Crippen molar-refractivity contribution >= 4 is 21.7 Å². The molecule has 23 heavy (non-hydrogen) atoms. The summed E-state index contributed by atoms with van der Waals surface area (Å²) >= 11 is 0. The largest absolute Gasteiger partial charge is 0.496 e. The van der Waals surface area contributed by atoms with Gasteiger partial charge in [0.1, 0.15) is 11.4 Å². The minimum absolute atomic E-state index is 0.273. The molecule has 0 aliphatic carbocycles. The molecule has 1 atom stereocenters. The molecule has 2 aromatic carbocycles. The Balaban J connectivity index is 2.77. The molecule has 2 aromatic rings. The average Bonchev–Trinajstić information content (AvgIpc) is 2.56. The molecule has 0 aliphatic heterocycles. The molecule has 1 unspecified atom stereocenters. The Hall–Kier alpha value is -2.34. The lowest BCUT2D eigenvalue weighted by Crippen LogP contribution is -2.00. The van der Waals surface area contributed by atoms with E-state index in [9.17, 15) is 9.00 Å². The number of nitrogens with zero attached hydrogens (tertiary/aromatic N) is 1. The van der Waals surface area contributed by atoms with Gasteiger partial charge in [-0.15, -0.1) is 0 Å². The van der Waals surface area contributed by atoms with Crippen molar-refractivity contribution in [2.75, 3.05) is 20.5 Å². The second-order valence-corrected chi connectivity index (χ2v) is 7.26. The van der Waals surface area contributed by atoms with Gasteiger partial charge in [-0.05, 0) is 25.1 Å². The Morgan fingerprint density at radius 1 is 1.13 bits per heavy atom. The molecule has 0 heterocycles. The van der Waals surface area contributed by atoms with Gasteiger partial charge in [-0.1, -0.05) is 18.2 Å². The van der Waals surface area contributed by atoms with Crippen molar-refractivity contribution in [3.05, 3.63) is 47.5 Å². The van der Waals surface area contributed by atoms with Gasteiger partial charge >= 0.3 is 0 Å². The highest BCUT2D eigenvalue weighted by atomic mass is 32.2. The van der Waals surface area contributed by atoms with Gasteiger partial charge in [-0.3, -0.25) is 4.79 Å². The lowest BCUT2D eigenvalue weighted by atomic mass is 10.1. The maximum Gasteiger partial charge on any atom is 0.152 e. The van der Waals surface area contributed by atoms with Gasteiger partial charge in [0, 0.05) is 22.3 Å². The first-order valence-corrected chi connectivity index (χ1v) is 8.85. The van der Waals surface area contributed by atoms with Gasteiger partial charge in [0.15, 0.2) is 12.0 Å². The molecule has 0 amide bonds. The van der Waals surface area contributed by atoms with Crippen LogP contribution in [0, 0.1) is 6.92 Å². The fourth-order valence-electron chi connectivity index (χ4n) is 2.28. The number of hydrogen-bond acceptors (Lipinski definition) is 5. The van der Waals surface area contributed by atoms with Crippen LogP contribution in [0.2, 0.25) is 0 Å². The van der Waals surface area contributed by atoms with Crippen LogP contribution in [0.5, 0.6) is 11.5 Å². The summed E-state index contributed by atoms with van der Waals surface area (Å²) in [5.74, 6) is 0.905. The summed E-state index contributed by atoms with van der Waals surface area (Å²) in [7, 11) is 0.276. The normalized spacial score (nSPS) is 13.0. The summed E-state index contributed by atoms with van der Waals surface area (Å²) in [6.45, 7) is 1.80. The Morgan fingerprint density at radius 3 is 2.30 bits per heavy atom. The van der Waals surface area contributed by atoms with Gasteiger partial charge in [0.25, 0.3) is 0 Å². The van der Waals surface area contributed by atoms with Gasteiger partial charge in [-0.2, -0.15) is 4.36 Å². The molecule has 0 saturated heterocycles. The summed E-state index contributed by atoms with van der Waals surface area (Å²) in [6.07, 6.45) is 2.19. The number of methoxy groups -OCH3 is 2. The Labute approximate surface area is 136 Å². The summed E-state index contributed by atoms with van der Waals surface area (Å²) in [5.41, 5.74) is 1.24. The highest BCUT2D eigenvalue weighted by molar-refractivity contribution is 7.93. The molecule has 0 aromatic heterocycles. The molecule has 2 rings (SSSR count). The molecule has 0 fully saturated rings. The summed E-state index contributed by atoms with van der Waals surface area (Å²) in [6, 6.07) is 10.5. The average molecular weight is 333 g/mol. The van der Waals surface area contributed by atoms with Crippen LogP contribution >= 0.6 is 0 Å². The number of aldehydes is 1. The zero-order valence-electron chi connectivity index (χ0n) is 13.5. The van der Waals surface area contributed by atoms with E-state index < -0.39 is 9.73 Å². The summed E-state index contributed by atoms with van der Waals surface area (Å²) in [4.78, 5) is 12.0. The molecule has 122 valence electrons. The zero-order valence-corrected chi connectivity index (χ0v) is 14.3. The third-order valence-corrected chi connectivity index (χ3v) is 5.16. The lowest BCUT2D eigenvalue weighted by Gasteiger charge is -2.15. The second-order valence-electron chi connectivity index (χ2n) is 5.00.